The third-order valence-electron chi connectivity index (χ3n) is 3.97. The molecule has 1 N–H and O–H groups in total. The summed E-state index contributed by atoms with van der Waals surface area (Å²) in [4.78, 5) is 0. The van der Waals surface area contributed by atoms with Crippen molar-refractivity contribution in [2.45, 2.75) is 40.2 Å². The van der Waals surface area contributed by atoms with Crippen molar-refractivity contribution in [3.05, 3.63) is 41.2 Å². The zero-order chi connectivity index (χ0) is 14.7. The van der Waals surface area contributed by atoms with E-state index in [1.807, 2.05) is 11.7 Å². The number of aryl methyl sites for hydroxylation is 2. The van der Waals surface area contributed by atoms with Crippen LogP contribution in [0.5, 0.6) is 0 Å². The number of hydrogen-bond acceptors (Lipinski definition) is 2. The predicted molar refractivity (Wildman–Crippen MR) is 84.8 cm³/mol. The zero-order valence-corrected chi connectivity index (χ0v) is 13.2. The molecule has 0 spiro atoms. The summed E-state index contributed by atoms with van der Waals surface area (Å²) in [6.07, 6.45) is 1.11. The second-order valence-electron chi connectivity index (χ2n) is 5.31. The van der Waals surface area contributed by atoms with Gasteiger partial charge in [-0.2, -0.15) is 5.10 Å². The molecule has 1 atom stereocenters. The van der Waals surface area contributed by atoms with Gasteiger partial charge < -0.3 is 5.32 Å². The van der Waals surface area contributed by atoms with Crippen molar-refractivity contribution in [1.82, 2.24) is 15.1 Å². The average molecular weight is 271 g/mol. The van der Waals surface area contributed by atoms with Crippen molar-refractivity contribution in [3.63, 3.8) is 0 Å². The second-order valence-corrected chi connectivity index (χ2v) is 5.31. The maximum Gasteiger partial charge on any atom is 0.0674 e. The molecule has 0 saturated heterocycles. The van der Waals surface area contributed by atoms with E-state index in [2.05, 4.69) is 62.4 Å². The van der Waals surface area contributed by atoms with Gasteiger partial charge in [0, 0.05) is 24.3 Å². The van der Waals surface area contributed by atoms with Crippen LogP contribution >= 0.6 is 0 Å². The number of rotatable bonds is 5. The highest BCUT2D eigenvalue weighted by Gasteiger charge is 2.12. The van der Waals surface area contributed by atoms with E-state index in [0.29, 0.717) is 6.04 Å². The van der Waals surface area contributed by atoms with Crippen LogP contribution in [-0.2, 0) is 7.05 Å². The molecule has 1 aromatic heterocycles. The highest BCUT2D eigenvalue weighted by Crippen LogP contribution is 2.28. The Morgan fingerprint density at radius 2 is 1.80 bits per heavy atom. The minimum atomic E-state index is 0.449. The lowest BCUT2D eigenvalue weighted by Crippen LogP contribution is -2.19. The molecule has 0 bridgehead atoms. The van der Waals surface area contributed by atoms with Crippen LogP contribution in [-0.4, -0.2) is 16.3 Å². The van der Waals surface area contributed by atoms with Crippen LogP contribution < -0.4 is 5.32 Å². The van der Waals surface area contributed by atoms with E-state index in [4.69, 9.17) is 0 Å². The molecule has 2 aromatic rings. The van der Waals surface area contributed by atoms with E-state index < -0.39 is 0 Å². The number of nitrogens with zero attached hydrogens (tertiary/aromatic N) is 2. The summed E-state index contributed by atoms with van der Waals surface area (Å²) in [5, 5.41) is 8.01. The standard InChI is InChI=1S/C17H25N3/c1-6-16(18-7-2)14-8-10-15(11-9-14)17-12(3)19-20(5)13(17)4/h8-11,16,18H,6-7H2,1-5H3. The average Bonchev–Trinajstić information content (AvgIpc) is 2.70. The second kappa shape index (κ2) is 6.23. The Kier molecular flexibility index (Phi) is 4.61. The molecule has 0 aliphatic heterocycles. The Morgan fingerprint density at radius 3 is 2.25 bits per heavy atom. The molecule has 20 heavy (non-hydrogen) atoms. The van der Waals surface area contributed by atoms with Crippen molar-refractivity contribution >= 4 is 0 Å². The van der Waals surface area contributed by atoms with Gasteiger partial charge in [0.05, 0.1) is 5.69 Å². The summed E-state index contributed by atoms with van der Waals surface area (Å²) < 4.78 is 1.95. The minimum Gasteiger partial charge on any atom is -0.310 e. The topological polar surface area (TPSA) is 29.9 Å². The van der Waals surface area contributed by atoms with Crippen LogP contribution in [0.25, 0.3) is 11.1 Å². The first-order chi connectivity index (χ1) is 9.58. The van der Waals surface area contributed by atoms with Crippen LogP contribution in [0.4, 0.5) is 0 Å². The van der Waals surface area contributed by atoms with Crippen molar-refractivity contribution in [2.75, 3.05) is 6.54 Å². The highest BCUT2D eigenvalue weighted by atomic mass is 15.3. The number of benzene rings is 1. The maximum atomic E-state index is 4.49. The first-order valence-electron chi connectivity index (χ1n) is 7.42. The van der Waals surface area contributed by atoms with Crippen molar-refractivity contribution in [1.29, 1.82) is 0 Å². The van der Waals surface area contributed by atoms with Crippen molar-refractivity contribution < 1.29 is 0 Å². The lowest BCUT2D eigenvalue weighted by Gasteiger charge is -2.16. The third-order valence-corrected chi connectivity index (χ3v) is 3.97. The predicted octanol–water partition coefficient (Wildman–Crippen LogP) is 3.76. The fourth-order valence-corrected chi connectivity index (χ4v) is 2.82. The Labute approximate surface area is 122 Å². The molecule has 0 aliphatic rings. The zero-order valence-electron chi connectivity index (χ0n) is 13.2. The van der Waals surface area contributed by atoms with Gasteiger partial charge in [0.2, 0.25) is 0 Å². The van der Waals surface area contributed by atoms with Gasteiger partial charge in [0.15, 0.2) is 0 Å². The number of nitrogens with one attached hydrogen (secondary N) is 1. The van der Waals surface area contributed by atoms with Crippen LogP contribution in [0, 0.1) is 13.8 Å². The Bertz CT molecular complexity index is 567. The van der Waals surface area contributed by atoms with Crippen molar-refractivity contribution in [2.24, 2.45) is 7.05 Å². The quantitative estimate of drug-likeness (QED) is 0.897. The van der Waals surface area contributed by atoms with Gasteiger partial charge in [-0.25, -0.2) is 0 Å². The van der Waals surface area contributed by atoms with Gasteiger partial charge in [0.1, 0.15) is 0 Å². The Hall–Kier alpha value is -1.61. The van der Waals surface area contributed by atoms with Crippen LogP contribution in [0.1, 0.15) is 43.3 Å². The minimum absolute atomic E-state index is 0.449. The van der Waals surface area contributed by atoms with E-state index in [-0.39, 0.29) is 0 Å². The fraction of sp³-hybridized carbons (Fsp3) is 0.471. The fourth-order valence-electron chi connectivity index (χ4n) is 2.82. The largest absolute Gasteiger partial charge is 0.310 e. The van der Waals surface area contributed by atoms with Gasteiger partial charge in [-0.1, -0.05) is 38.1 Å². The first-order valence-corrected chi connectivity index (χ1v) is 7.42. The molecule has 108 valence electrons. The summed E-state index contributed by atoms with van der Waals surface area (Å²) in [5.74, 6) is 0. The molecule has 1 heterocycles. The molecule has 2 rings (SSSR count). The molecular formula is C17H25N3. The van der Waals surface area contributed by atoms with Crippen LogP contribution in [0.2, 0.25) is 0 Å². The van der Waals surface area contributed by atoms with Gasteiger partial charge in [-0.3, -0.25) is 4.68 Å². The number of aromatic nitrogens is 2. The van der Waals surface area contributed by atoms with E-state index in [1.54, 1.807) is 0 Å². The van der Waals surface area contributed by atoms with Gasteiger partial charge in [0.25, 0.3) is 0 Å². The van der Waals surface area contributed by atoms with Crippen LogP contribution in [0.15, 0.2) is 24.3 Å². The Morgan fingerprint density at radius 1 is 1.15 bits per heavy atom. The Balaban J connectivity index is 2.32. The molecular weight excluding hydrogens is 246 g/mol. The molecule has 1 unspecified atom stereocenters. The van der Waals surface area contributed by atoms with E-state index >= 15 is 0 Å². The third kappa shape index (κ3) is 2.78. The monoisotopic (exact) mass is 271 g/mol. The smallest absolute Gasteiger partial charge is 0.0674 e. The summed E-state index contributed by atoms with van der Waals surface area (Å²) in [6.45, 7) is 9.57. The molecule has 0 radical (unpaired) electrons. The molecule has 0 amide bonds. The van der Waals surface area contributed by atoms with Crippen LogP contribution in [0.3, 0.4) is 0 Å². The normalized spacial score (nSPS) is 12.7. The molecule has 3 nitrogen and oxygen atoms in total. The molecule has 0 saturated carbocycles. The van der Waals surface area contributed by atoms with E-state index in [1.165, 1.54) is 22.4 Å². The summed E-state index contributed by atoms with van der Waals surface area (Å²) >= 11 is 0. The van der Waals surface area contributed by atoms with Gasteiger partial charge in [-0.05, 0) is 37.9 Å². The molecule has 0 fully saturated rings. The highest BCUT2D eigenvalue weighted by molar-refractivity contribution is 5.68. The molecule has 0 aliphatic carbocycles. The summed E-state index contributed by atoms with van der Waals surface area (Å²) in [5.41, 5.74) is 6.18. The molecule has 3 heteroatoms. The summed E-state index contributed by atoms with van der Waals surface area (Å²) in [7, 11) is 2.00. The maximum absolute atomic E-state index is 4.49. The van der Waals surface area contributed by atoms with E-state index in [0.717, 1.165) is 18.7 Å². The molecule has 1 aromatic carbocycles. The lowest BCUT2D eigenvalue weighted by molar-refractivity contribution is 0.537. The van der Waals surface area contributed by atoms with Gasteiger partial charge in [-0.15, -0.1) is 0 Å². The van der Waals surface area contributed by atoms with Gasteiger partial charge >= 0.3 is 0 Å². The van der Waals surface area contributed by atoms with E-state index in [9.17, 15) is 0 Å². The summed E-state index contributed by atoms with van der Waals surface area (Å²) in [6, 6.07) is 9.35. The lowest BCUT2D eigenvalue weighted by atomic mass is 9.98. The SMILES string of the molecule is CCNC(CC)c1ccc(-c2c(C)nn(C)c2C)cc1. The first kappa shape index (κ1) is 14.8. The number of hydrogen-bond donors (Lipinski definition) is 1. The van der Waals surface area contributed by atoms with Crippen molar-refractivity contribution in [3.8, 4) is 11.1 Å².